The van der Waals surface area contributed by atoms with Crippen LogP contribution in [0.2, 0.25) is 0 Å². The van der Waals surface area contributed by atoms with Gasteiger partial charge in [-0.1, -0.05) is 22.9 Å². The van der Waals surface area contributed by atoms with E-state index in [0.717, 1.165) is 0 Å². The van der Waals surface area contributed by atoms with Crippen molar-refractivity contribution in [2.75, 3.05) is 6.61 Å². The Bertz CT molecular complexity index is 527. The van der Waals surface area contributed by atoms with Crippen molar-refractivity contribution in [3.05, 3.63) is 28.2 Å². The summed E-state index contributed by atoms with van der Waals surface area (Å²) in [6, 6.07) is 4.00. The Morgan fingerprint density at radius 3 is 2.59 bits per heavy atom. The van der Waals surface area contributed by atoms with E-state index in [9.17, 15) is 13.2 Å². The molecule has 0 aromatic heterocycles. The number of halogens is 1. The summed E-state index contributed by atoms with van der Waals surface area (Å²) in [7, 11) is -3.84. The molecule has 1 aromatic rings. The van der Waals surface area contributed by atoms with Crippen molar-refractivity contribution < 1.29 is 17.9 Å². The molecule has 7 heteroatoms. The lowest BCUT2D eigenvalue weighted by molar-refractivity contribution is 0.0504. The molecule has 0 fully saturated rings. The van der Waals surface area contributed by atoms with E-state index in [2.05, 4.69) is 15.9 Å². The zero-order chi connectivity index (χ0) is 13.1. The summed E-state index contributed by atoms with van der Waals surface area (Å²) in [5.74, 6) is -0.571. The predicted molar refractivity (Wildman–Crippen MR) is 66.1 cm³/mol. The fourth-order valence-corrected chi connectivity index (χ4v) is 2.35. The van der Waals surface area contributed by atoms with Gasteiger partial charge in [0, 0.05) is 4.47 Å². The summed E-state index contributed by atoms with van der Waals surface area (Å²) >= 11 is 3.11. The Morgan fingerprint density at radius 1 is 1.41 bits per heavy atom. The van der Waals surface area contributed by atoms with Crippen LogP contribution in [-0.2, 0) is 14.8 Å². The van der Waals surface area contributed by atoms with E-state index in [0.29, 0.717) is 10.9 Å². The lowest BCUT2D eigenvalue weighted by Gasteiger charge is -2.05. The van der Waals surface area contributed by atoms with Crippen LogP contribution in [0, 0.1) is 0 Å². The van der Waals surface area contributed by atoms with Crippen LogP contribution in [-0.4, -0.2) is 21.0 Å². The molecule has 0 spiro atoms. The van der Waals surface area contributed by atoms with Crippen molar-refractivity contribution in [2.24, 2.45) is 5.14 Å². The molecule has 0 aliphatic heterocycles. The van der Waals surface area contributed by atoms with Gasteiger partial charge in [-0.25, -0.2) is 18.4 Å². The molecule has 2 N–H and O–H groups in total. The van der Waals surface area contributed by atoms with E-state index in [1.807, 2.05) is 6.92 Å². The maximum absolute atomic E-state index is 11.6. The number of hydrogen-bond acceptors (Lipinski definition) is 4. The van der Waals surface area contributed by atoms with Crippen LogP contribution in [0.1, 0.15) is 23.7 Å². The molecule has 0 bridgehead atoms. The smallest absolute Gasteiger partial charge is 0.338 e. The van der Waals surface area contributed by atoms with E-state index in [1.165, 1.54) is 18.2 Å². The molecule has 0 aliphatic carbocycles. The molecule has 0 heterocycles. The first-order valence-electron chi connectivity index (χ1n) is 4.85. The Balaban J connectivity index is 3.10. The van der Waals surface area contributed by atoms with Gasteiger partial charge in [0.15, 0.2) is 0 Å². The van der Waals surface area contributed by atoms with E-state index in [4.69, 9.17) is 9.88 Å². The Hall–Kier alpha value is -0.920. The third kappa shape index (κ3) is 4.10. The number of esters is 1. The average Bonchev–Trinajstić information content (AvgIpc) is 2.23. The Kier molecular flexibility index (Phi) is 4.67. The fourth-order valence-electron chi connectivity index (χ4n) is 1.12. The van der Waals surface area contributed by atoms with E-state index < -0.39 is 16.0 Å². The molecule has 0 aliphatic rings. The highest BCUT2D eigenvalue weighted by Crippen LogP contribution is 2.19. The molecule has 17 heavy (non-hydrogen) atoms. The molecule has 1 rings (SSSR count). The summed E-state index contributed by atoms with van der Waals surface area (Å²) in [5, 5.41) is 4.99. The number of rotatable bonds is 4. The molecule has 1 aromatic carbocycles. The van der Waals surface area contributed by atoms with Gasteiger partial charge in [-0.3, -0.25) is 0 Å². The molecule has 0 unspecified atom stereocenters. The maximum Gasteiger partial charge on any atom is 0.338 e. The van der Waals surface area contributed by atoms with E-state index in [-0.39, 0.29) is 17.1 Å². The lowest BCUT2D eigenvalue weighted by atomic mass is 10.2. The van der Waals surface area contributed by atoms with Gasteiger partial charge in [0.2, 0.25) is 10.0 Å². The number of carbonyl (C=O) groups is 1. The van der Waals surface area contributed by atoms with Gasteiger partial charge < -0.3 is 4.74 Å². The van der Waals surface area contributed by atoms with Crippen LogP contribution >= 0.6 is 15.9 Å². The molecule has 0 radical (unpaired) electrons. The SMILES string of the molecule is CCCOC(=O)c1cc(Br)cc(S(N)(=O)=O)c1. The predicted octanol–water partition coefficient (Wildman–Crippen LogP) is 1.66. The summed E-state index contributed by atoms with van der Waals surface area (Å²) in [6.07, 6.45) is 0.696. The zero-order valence-corrected chi connectivity index (χ0v) is 11.5. The molecule has 0 saturated heterocycles. The van der Waals surface area contributed by atoms with Crippen LogP contribution < -0.4 is 5.14 Å². The van der Waals surface area contributed by atoms with Gasteiger partial charge in [0.1, 0.15) is 0 Å². The highest BCUT2D eigenvalue weighted by Gasteiger charge is 2.14. The largest absolute Gasteiger partial charge is 0.462 e. The Labute approximate surface area is 108 Å². The molecule has 0 atom stereocenters. The summed E-state index contributed by atoms with van der Waals surface area (Å²) in [6.45, 7) is 2.15. The second-order valence-electron chi connectivity index (χ2n) is 3.36. The number of hydrogen-bond donors (Lipinski definition) is 1. The highest BCUT2D eigenvalue weighted by atomic mass is 79.9. The van der Waals surface area contributed by atoms with Crippen LogP contribution in [0.4, 0.5) is 0 Å². The van der Waals surface area contributed by atoms with Gasteiger partial charge in [0.05, 0.1) is 17.1 Å². The van der Waals surface area contributed by atoms with Crippen molar-refractivity contribution >= 4 is 31.9 Å². The fraction of sp³-hybridized carbons (Fsp3) is 0.300. The van der Waals surface area contributed by atoms with Crippen molar-refractivity contribution in [3.63, 3.8) is 0 Å². The van der Waals surface area contributed by atoms with Crippen molar-refractivity contribution in [1.29, 1.82) is 0 Å². The van der Waals surface area contributed by atoms with Gasteiger partial charge in [-0.05, 0) is 24.6 Å². The molecular weight excluding hydrogens is 310 g/mol. The van der Waals surface area contributed by atoms with Crippen LogP contribution in [0.5, 0.6) is 0 Å². The average molecular weight is 322 g/mol. The molecule has 5 nitrogen and oxygen atoms in total. The minimum absolute atomic E-state index is 0.129. The van der Waals surface area contributed by atoms with Crippen LogP contribution in [0.25, 0.3) is 0 Å². The minimum atomic E-state index is -3.84. The van der Waals surface area contributed by atoms with E-state index >= 15 is 0 Å². The quantitative estimate of drug-likeness (QED) is 0.854. The highest BCUT2D eigenvalue weighted by molar-refractivity contribution is 9.10. The third-order valence-corrected chi connectivity index (χ3v) is 3.22. The van der Waals surface area contributed by atoms with Crippen molar-refractivity contribution in [1.82, 2.24) is 0 Å². The molecular formula is C10H12BrNO4S. The number of benzene rings is 1. The number of ether oxygens (including phenoxy) is 1. The summed E-state index contributed by atoms with van der Waals surface area (Å²) in [5.41, 5.74) is 0.150. The van der Waals surface area contributed by atoms with Crippen LogP contribution in [0.15, 0.2) is 27.6 Å². The normalized spacial score (nSPS) is 11.2. The maximum atomic E-state index is 11.6. The van der Waals surface area contributed by atoms with Crippen LogP contribution in [0.3, 0.4) is 0 Å². The van der Waals surface area contributed by atoms with Gasteiger partial charge >= 0.3 is 5.97 Å². The van der Waals surface area contributed by atoms with Crippen molar-refractivity contribution in [3.8, 4) is 0 Å². The number of primary sulfonamides is 1. The van der Waals surface area contributed by atoms with Gasteiger partial charge in [-0.15, -0.1) is 0 Å². The van der Waals surface area contributed by atoms with Crippen molar-refractivity contribution in [2.45, 2.75) is 18.2 Å². The molecule has 0 amide bonds. The second-order valence-corrected chi connectivity index (χ2v) is 5.83. The number of nitrogens with two attached hydrogens (primary N) is 1. The zero-order valence-electron chi connectivity index (χ0n) is 9.14. The topological polar surface area (TPSA) is 86.5 Å². The first-order valence-corrected chi connectivity index (χ1v) is 7.19. The third-order valence-electron chi connectivity index (χ3n) is 1.87. The van der Waals surface area contributed by atoms with Gasteiger partial charge in [-0.2, -0.15) is 0 Å². The van der Waals surface area contributed by atoms with Gasteiger partial charge in [0.25, 0.3) is 0 Å². The molecule has 0 saturated carbocycles. The number of carbonyl (C=O) groups excluding carboxylic acids is 1. The number of sulfonamides is 1. The lowest BCUT2D eigenvalue weighted by Crippen LogP contribution is -2.14. The molecule has 94 valence electrons. The minimum Gasteiger partial charge on any atom is -0.462 e. The monoisotopic (exact) mass is 321 g/mol. The summed E-state index contributed by atoms with van der Waals surface area (Å²) < 4.78 is 27.7. The van der Waals surface area contributed by atoms with E-state index in [1.54, 1.807) is 0 Å². The second kappa shape index (κ2) is 5.61. The first-order chi connectivity index (χ1) is 7.84. The standard InChI is InChI=1S/C10H12BrNO4S/c1-2-3-16-10(13)7-4-8(11)6-9(5-7)17(12,14)15/h4-6H,2-3H2,1H3,(H2,12,14,15). The Morgan fingerprint density at radius 2 is 2.06 bits per heavy atom. The summed E-state index contributed by atoms with van der Waals surface area (Å²) in [4.78, 5) is 11.4. The first kappa shape index (κ1) is 14.1.